The lowest BCUT2D eigenvalue weighted by Crippen LogP contribution is -2.38. The number of alkyl halides is 2. The molecule has 0 radical (unpaired) electrons. The van der Waals surface area contributed by atoms with E-state index in [-0.39, 0.29) is 23.6 Å². The van der Waals surface area contributed by atoms with E-state index in [4.69, 9.17) is 4.74 Å². The van der Waals surface area contributed by atoms with Crippen LogP contribution in [0.4, 0.5) is 8.78 Å². The standard InChI is InChI=1S/C18H26F2N2O4S/c1-14-7-9-22(10-8-14)27(24,25)16-5-3-15(4-6-16)18(23)21(11-12-26-2)13-17(19)20/h3-6,14,17H,7-13H2,1-2H3. The van der Waals surface area contributed by atoms with Crippen molar-refractivity contribution in [3.63, 3.8) is 0 Å². The number of amides is 1. The van der Waals surface area contributed by atoms with Gasteiger partial charge in [0, 0.05) is 32.3 Å². The van der Waals surface area contributed by atoms with E-state index in [0.717, 1.165) is 17.7 Å². The lowest BCUT2D eigenvalue weighted by molar-refractivity contribution is 0.0478. The number of benzene rings is 1. The lowest BCUT2D eigenvalue weighted by Gasteiger charge is -2.29. The topological polar surface area (TPSA) is 66.9 Å². The molecule has 0 aromatic heterocycles. The molecule has 1 saturated heterocycles. The molecule has 1 amide bonds. The maximum Gasteiger partial charge on any atom is 0.255 e. The van der Waals surface area contributed by atoms with Crippen LogP contribution in [0.5, 0.6) is 0 Å². The van der Waals surface area contributed by atoms with Gasteiger partial charge in [-0.1, -0.05) is 6.92 Å². The molecule has 2 rings (SSSR count). The van der Waals surface area contributed by atoms with Gasteiger partial charge in [0.1, 0.15) is 0 Å². The van der Waals surface area contributed by atoms with Gasteiger partial charge in [-0.25, -0.2) is 17.2 Å². The number of hydrogen-bond donors (Lipinski definition) is 0. The summed E-state index contributed by atoms with van der Waals surface area (Å²) in [6.45, 7) is 2.52. The van der Waals surface area contributed by atoms with Crippen LogP contribution in [0.3, 0.4) is 0 Å². The van der Waals surface area contributed by atoms with E-state index < -0.39 is 28.9 Å². The Hall–Kier alpha value is -1.58. The van der Waals surface area contributed by atoms with Gasteiger partial charge in [-0.3, -0.25) is 4.79 Å². The Morgan fingerprint density at radius 1 is 1.26 bits per heavy atom. The summed E-state index contributed by atoms with van der Waals surface area (Å²) in [5, 5.41) is 0. The van der Waals surface area contributed by atoms with Crippen LogP contribution in [0.25, 0.3) is 0 Å². The Labute approximate surface area is 159 Å². The molecule has 0 atom stereocenters. The molecule has 0 N–H and O–H groups in total. The number of methoxy groups -OCH3 is 1. The van der Waals surface area contributed by atoms with E-state index >= 15 is 0 Å². The predicted octanol–water partition coefficient (Wildman–Crippen LogP) is 2.46. The third-order valence-corrected chi connectivity index (χ3v) is 6.61. The number of halogens is 2. The van der Waals surface area contributed by atoms with Gasteiger partial charge < -0.3 is 9.64 Å². The quantitative estimate of drug-likeness (QED) is 0.668. The van der Waals surface area contributed by atoms with Crippen LogP contribution in [0.15, 0.2) is 29.2 Å². The number of sulfonamides is 1. The molecule has 27 heavy (non-hydrogen) atoms. The lowest BCUT2D eigenvalue weighted by atomic mass is 10.0. The summed E-state index contributed by atoms with van der Waals surface area (Å²) in [5.74, 6) is -0.0764. The summed E-state index contributed by atoms with van der Waals surface area (Å²) < 4.78 is 57.2. The first-order valence-electron chi connectivity index (χ1n) is 8.92. The fourth-order valence-electron chi connectivity index (χ4n) is 2.97. The third kappa shape index (κ3) is 5.70. The Morgan fingerprint density at radius 3 is 2.37 bits per heavy atom. The van der Waals surface area contributed by atoms with Gasteiger partial charge in [-0.05, 0) is 43.0 Å². The third-order valence-electron chi connectivity index (χ3n) is 4.69. The summed E-state index contributed by atoms with van der Waals surface area (Å²) in [6, 6.07) is 5.45. The minimum absolute atomic E-state index is 0.0334. The number of carbonyl (C=O) groups is 1. The normalized spacial score (nSPS) is 16.6. The second kappa shape index (κ2) is 9.57. The molecule has 152 valence electrons. The summed E-state index contributed by atoms with van der Waals surface area (Å²) in [6.07, 6.45) is -1.03. The first-order chi connectivity index (χ1) is 12.8. The van der Waals surface area contributed by atoms with Crippen molar-refractivity contribution < 1.29 is 26.7 Å². The highest BCUT2D eigenvalue weighted by Crippen LogP contribution is 2.24. The highest BCUT2D eigenvalue weighted by molar-refractivity contribution is 7.89. The zero-order valence-corrected chi connectivity index (χ0v) is 16.4. The zero-order valence-electron chi connectivity index (χ0n) is 15.6. The van der Waals surface area contributed by atoms with Gasteiger partial charge in [0.2, 0.25) is 10.0 Å². The maximum absolute atomic E-state index is 12.7. The van der Waals surface area contributed by atoms with Crippen molar-refractivity contribution in [2.75, 3.05) is 39.9 Å². The van der Waals surface area contributed by atoms with E-state index in [0.29, 0.717) is 19.0 Å². The highest BCUT2D eigenvalue weighted by atomic mass is 32.2. The first kappa shape index (κ1) is 21.7. The molecule has 1 fully saturated rings. The van der Waals surface area contributed by atoms with Gasteiger partial charge >= 0.3 is 0 Å². The fraction of sp³-hybridized carbons (Fsp3) is 0.611. The molecule has 0 bridgehead atoms. The zero-order chi connectivity index (χ0) is 20.0. The fourth-order valence-corrected chi connectivity index (χ4v) is 4.44. The Kier molecular flexibility index (Phi) is 7.69. The van der Waals surface area contributed by atoms with Gasteiger partial charge in [-0.15, -0.1) is 0 Å². The number of hydrogen-bond acceptors (Lipinski definition) is 4. The molecule has 1 heterocycles. The number of rotatable bonds is 8. The van der Waals surface area contributed by atoms with E-state index in [1.54, 1.807) is 0 Å². The van der Waals surface area contributed by atoms with E-state index in [2.05, 4.69) is 6.92 Å². The van der Waals surface area contributed by atoms with Crippen LogP contribution >= 0.6 is 0 Å². The number of piperidine rings is 1. The van der Waals surface area contributed by atoms with Crippen molar-refractivity contribution in [2.24, 2.45) is 5.92 Å². The van der Waals surface area contributed by atoms with Crippen LogP contribution in [0, 0.1) is 5.92 Å². The number of carbonyl (C=O) groups excluding carboxylic acids is 1. The molecule has 0 unspecified atom stereocenters. The Bertz CT molecular complexity index is 717. The van der Waals surface area contributed by atoms with Crippen LogP contribution in [0.1, 0.15) is 30.1 Å². The predicted molar refractivity (Wildman–Crippen MR) is 97.4 cm³/mol. The largest absolute Gasteiger partial charge is 0.383 e. The first-order valence-corrected chi connectivity index (χ1v) is 10.4. The Balaban J connectivity index is 2.13. The average molecular weight is 404 g/mol. The summed E-state index contributed by atoms with van der Waals surface area (Å²) in [5.41, 5.74) is 0.165. The summed E-state index contributed by atoms with van der Waals surface area (Å²) in [4.78, 5) is 13.6. The number of nitrogens with zero attached hydrogens (tertiary/aromatic N) is 2. The smallest absolute Gasteiger partial charge is 0.255 e. The molecule has 6 nitrogen and oxygen atoms in total. The summed E-state index contributed by atoms with van der Waals surface area (Å²) >= 11 is 0. The van der Waals surface area contributed by atoms with Crippen LogP contribution < -0.4 is 0 Å². The van der Waals surface area contributed by atoms with Gasteiger partial charge in [0.05, 0.1) is 18.0 Å². The van der Waals surface area contributed by atoms with E-state index in [1.165, 1.54) is 35.7 Å². The van der Waals surface area contributed by atoms with Gasteiger partial charge in [-0.2, -0.15) is 4.31 Å². The molecule has 1 aliphatic rings. The van der Waals surface area contributed by atoms with Crippen molar-refractivity contribution >= 4 is 15.9 Å². The van der Waals surface area contributed by atoms with Crippen LogP contribution in [-0.4, -0.2) is 69.9 Å². The molecule has 9 heteroatoms. The van der Waals surface area contributed by atoms with Crippen molar-refractivity contribution in [3.8, 4) is 0 Å². The summed E-state index contributed by atoms with van der Waals surface area (Å²) in [7, 11) is -2.19. The molecule has 1 aromatic rings. The van der Waals surface area contributed by atoms with Gasteiger partial charge in [0.25, 0.3) is 12.3 Å². The molecule has 1 aliphatic heterocycles. The van der Waals surface area contributed by atoms with E-state index in [9.17, 15) is 22.0 Å². The molecular formula is C18H26F2N2O4S. The average Bonchev–Trinajstić information content (AvgIpc) is 2.64. The monoisotopic (exact) mass is 404 g/mol. The molecule has 0 spiro atoms. The molecule has 1 aromatic carbocycles. The highest BCUT2D eigenvalue weighted by Gasteiger charge is 2.28. The second-order valence-corrected chi connectivity index (χ2v) is 8.68. The van der Waals surface area contributed by atoms with Crippen LogP contribution in [-0.2, 0) is 14.8 Å². The van der Waals surface area contributed by atoms with E-state index in [1.807, 2.05) is 0 Å². The molecule has 0 aliphatic carbocycles. The SMILES string of the molecule is COCCN(CC(F)F)C(=O)c1ccc(S(=O)(=O)N2CCC(C)CC2)cc1. The van der Waals surface area contributed by atoms with Crippen molar-refractivity contribution in [2.45, 2.75) is 31.1 Å². The van der Waals surface area contributed by atoms with Gasteiger partial charge in [0.15, 0.2) is 0 Å². The number of ether oxygens (including phenoxy) is 1. The molecule has 0 saturated carbocycles. The van der Waals surface area contributed by atoms with Crippen LogP contribution in [0.2, 0.25) is 0 Å². The van der Waals surface area contributed by atoms with Crippen molar-refractivity contribution in [3.05, 3.63) is 29.8 Å². The van der Waals surface area contributed by atoms with Crippen molar-refractivity contribution in [1.82, 2.24) is 9.21 Å². The minimum atomic E-state index is -3.61. The minimum Gasteiger partial charge on any atom is -0.383 e. The second-order valence-electron chi connectivity index (χ2n) is 6.75. The Morgan fingerprint density at radius 2 is 1.85 bits per heavy atom. The molecular weight excluding hydrogens is 378 g/mol. The van der Waals surface area contributed by atoms with Crippen molar-refractivity contribution in [1.29, 1.82) is 0 Å². The maximum atomic E-state index is 12.7.